The summed E-state index contributed by atoms with van der Waals surface area (Å²) in [6.07, 6.45) is 0. The number of hydrogen-bond acceptors (Lipinski definition) is 4. The Morgan fingerprint density at radius 2 is 2.07 bits per heavy atom. The van der Waals surface area contributed by atoms with Crippen LogP contribution in [0.3, 0.4) is 0 Å². The van der Waals surface area contributed by atoms with E-state index in [9.17, 15) is 4.79 Å². The first kappa shape index (κ1) is 10.9. The molecule has 2 heterocycles. The van der Waals surface area contributed by atoms with Gasteiger partial charge < -0.3 is 19.7 Å². The standard InChI is InChI=1S/C10H18N2O3/c1-10(8-11-2-5-15-10)9(13)12-3-6-14-7-4-12/h11H,2-8H2,1H3/t10-/m0/s1. The number of hydrogen-bond donors (Lipinski definition) is 1. The zero-order valence-electron chi connectivity index (χ0n) is 9.12. The number of nitrogens with one attached hydrogen (secondary N) is 1. The zero-order chi connectivity index (χ0) is 10.7. The quantitative estimate of drug-likeness (QED) is 0.622. The van der Waals surface area contributed by atoms with E-state index in [-0.39, 0.29) is 5.91 Å². The molecule has 2 aliphatic heterocycles. The number of morpholine rings is 2. The van der Waals surface area contributed by atoms with Crippen molar-refractivity contribution in [1.82, 2.24) is 10.2 Å². The third-order valence-corrected chi connectivity index (χ3v) is 2.91. The van der Waals surface area contributed by atoms with Crippen molar-refractivity contribution >= 4 is 5.91 Å². The molecule has 1 atom stereocenters. The minimum absolute atomic E-state index is 0.0815. The summed E-state index contributed by atoms with van der Waals surface area (Å²) in [4.78, 5) is 14.0. The lowest BCUT2D eigenvalue weighted by atomic mass is 10.0. The van der Waals surface area contributed by atoms with Crippen LogP contribution < -0.4 is 5.32 Å². The Hall–Kier alpha value is -0.650. The van der Waals surface area contributed by atoms with Gasteiger partial charge in [-0.1, -0.05) is 0 Å². The highest BCUT2D eigenvalue weighted by molar-refractivity contribution is 5.85. The Balaban J connectivity index is 1.98. The van der Waals surface area contributed by atoms with Crippen LogP contribution in [-0.4, -0.2) is 62.4 Å². The van der Waals surface area contributed by atoms with Crippen LogP contribution in [0.1, 0.15) is 6.92 Å². The summed E-state index contributed by atoms with van der Waals surface area (Å²) in [7, 11) is 0. The third kappa shape index (κ3) is 2.30. The van der Waals surface area contributed by atoms with Crippen LogP contribution in [0.25, 0.3) is 0 Å². The normalized spacial score (nSPS) is 32.7. The molecule has 1 amide bonds. The van der Waals surface area contributed by atoms with Gasteiger partial charge in [0, 0.05) is 26.2 Å². The molecule has 2 rings (SSSR count). The van der Waals surface area contributed by atoms with Crippen LogP contribution >= 0.6 is 0 Å². The van der Waals surface area contributed by atoms with Crippen molar-refractivity contribution in [3.05, 3.63) is 0 Å². The molecule has 1 N–H and O–H groups in total. The van der Waals surface area contributed by atoms with Gasteiger partial charge in [0.25, 0.3) is 5.91 Å². The smallest absolute Gasteiger partial charge is 0.256 e. The minimum atomic E-state index is -0.685. The molecule has 15 heavy (non-hydrogen) atoms. The first-order valence-electron chi connectivity index (χ1n) is 5.44. The fraction of sp³-hybridized carbons (Fsp3) is 0.900. The first-order valence-corrected chi connectivity index (χ1v) is 5.44. The molecule has 5 nitrogen and oxygen atoms in total. The summed E-state index contributed by atoms with van der Waals surface area (Å²) >= 11 is 0. The van der Waals surface area contributed by atoms with E-state index < -0.39 is 5.60 Å². The van der Waals surface area contributed by atoms with Gasteiger partial charge in [-0.25, -0.2) is 0 Å². The van der Waals surface area contributed by atoms with Crippen molar-refractivity contribution in [2.45, 2.75) is 12.5 Å². The van der Waals surface area contributed by atoms with Crippen molar-refractivity contribution in [1.29, 1.82) is 0 Å². The predicted molar refractivity (Wildman–Crippen MR) is 54.6 cm³/mol. The van der Waals surface area contributed by atoms with Crippen LogP contribution in [0, 0.1) is 0 Å². The molecular formula is C10H18N2O3. The van der Waals surface area contributed by atoms with Gasteiger partial charge in [0.15, 0.2) is 5.60 Å². The summed E-state index contributed by atoms with van der Waals surface area (Å²) in [6, 6.07) is 0. The molecule has 2 fully saturated rings. The number of ether oxygens (including phenoxy) is 2. The summed E-state index contributed by atoms with van der Waals surface area (Å²) in [5.41, 5.74) is -0.685. The van der Waals surface area contributed by atoms with Crippen LogP contribution in [0.2, 0.25) is 0 Å². The topological polar surface area (TPSA) is 50.8 Å². The van der Waals surface area contributed by atoms with Gasteiger partial charge in [0.2, 0.25) is 0 Å². The largest absolute Gasteiger partial charge is 0.378 e. The van der Waals surface area contributed by atoms with Gasteiger partial charge in [0.05, 0.1) is 19.8 Å². The number of rotatable bonds is 1. The molecule has 0 aromatic carbocycles. The molecule has 0 bridgehead atoms. The van der Waals surface area contributed by atoms with Crippen molar-refractivity contribution in [2.75, 3.05) is 46.0 Å². The van der Waals surface area contributed by atoms with Crippen LogP contribution in [0.15, 0.2) is 0 Å². The number of carbonyl (C=O) groups excluding carboxylic acids is 1. The molecule has 5 heteroatoms. The molecule has 0 radical (unpaired) electrons. The first-order chi connectivity index (χ1) is 7.22. The fourth-order valence-electron chi connectivity index (χ4n) is 1.96. The Labute approximate surface area is 89.7 Å². The van der Waals surface area contributed by atoms with Crippen molar-refractivity contribution in [3.63, 3.8) is 0 Å². The number of carbonyl (C=O) groups is 1. The van der Waals surface area contributed by atoms with Crippen molar-refractivity contribution in [3.8, 4) is 0 Å². The highest BCUT2D eigenvalue weighted by atomic mass is 16.5. The molecular weight excluding hydrogens is 196 g/mol. The molecule has 2 aliphatic rings. The zero-order valence-corrected chi connectivity index (χ0v) is 9.12. The van der Waals surface area contributed by atoms with Gasteiger partial charge in [-0.2, -0.15) is 0 Å². The second kappa shape index (κ2) is 4.47. The molecule has 0 aromatic rings. The van der Waals surface area contributed by atoms with E-state index in [4.69, 9.17) is 9.47 Å². The van der Waals surface area contributed by atoms with Gasteiger partial charge in [-0.3, -0.25) is 4.79 Å². The van der Waals surface area contributed by atoms with E-state index >= 15 is 0 Å². The van der Waals surface area contributed by atoms with Crippen LogP contribution in [0.5, 0.6) is 0 Å². The van der Waals surface area contributed by atoms with E-state index in [2.05, 4.69) is 5.32 Å². The van der Waals surface area contributed by atoms with E-state index in [1.807, 2.05) is 11.8 Å². The number of nitrogens with zero attached hydrogens (tertiary/aromatic N) is 1. The van der Waals surface area contributed by atoms with E-state index in [1.165, 1.54) is 0 Å². The predicted octanol–water partition coefficient (Wildman–Crippen LogP) is -0.776. The van der Waals surface area contributed by atoms with Gasteiger partial charge in [-0.15, -0.1) is 0 Å². The van der Waals surface area contributed by atoms with Gasteiger partial charge >= 0.3 is 0 Å². The molecule has 0 unspecified atom stereocenters. The maximum atomic E-state index is 12.2. The van der Waals surface area contributed by atoms with Crippen LogP contribution in [0.4, 0.5) is 0 Å². The summed E-state index contributed by atoms with van der Waals surface area (Å²) in [5.74, 6) is 0.0815. The molecule has 86 valence electrons. The Bertz CT molecular complexity index is 233. The molecule has 2 saturated heterocycles. The minimum Gasteiger partial charge on any atom is -0.378 e. The lowest BCUT2D eigenvalue weighted by molar-refractivity contribution is -0.163. The average Bonchev–Trinajstić information content (AvgIpc) is 2.30. The van der Waals surface area contributed by atoms with Crippen molar-refractivity contribution < 1.29 is 14.3 Å². The lowest BCUT2D eigenvalue weighted by Gasteiger charge is -2.38. The number of amides is 1. The second-order valence-corrected chi connectivity index (χ2v) is 4.16. The molecule has 0 aliphatic carbocycles. The van der Waals surface area contributed by atoms with Gasteiger partial charge in [0.1, 0.15) is 0 Å². The monoisotopic (exact) mass is 214 g/mol. The van der Waals surface area contributed by atoms with Crippen LogP contribution in [-0.2, 0) is 14.3 Å². The third-order valence-electron chi connectivity index (χ3n) is 2.91. The summed E-state index contributed by atoms with van der Waals surface area (Å²) in [5, 5.41) is 3.19. The fourth-order valence-corrected chi connectivity index (χ4v) is 1.96. The van der Waals surface area contributed by atoms with E-state index in [1.54, 1.807) is 0 Å². The molecule has 0 saturated carbocycles. The SMILES string of the molecule is C[C@@]1(C(=O)N2CCOCC2)CNCCO1. The van der Waals surface area contributed by atoms with E-state index in [0.717, 1.165) is 6.54 Å². The summed E-state index contributed by atoms with van der Waals surface area (Å²) in [6.45, 7) is 6.51. The Morgan fingerprint density at radius 3 is 2.67 bits per heavy atom. The maximum Gasteiger partial charge on any atom is 0.256 e. The summed E-state index contributed by atoms with van der Waals surface area (Å²) < 4.78 is 10.8. The average molecular weight is 214 g/mol. The Morgan fingerprint density at radius 1 is 1.33 bits per heavy atom. The lowest BCUT2D eigenvalue weighted by Crippen LogP contribution is -2.59. The molecule has 0 aromatic heterocycles. The van der Waals surface area contributed by atoms with E-state index in [0.29, 0.717) is 39.5 Å². The second-order valence-electron chi connectivity index (χ2n) is 4.16. The van der Waals surface area contributed by atoms with Crippen molar-refractivity contribution in [2.24, 2.45) is 0 Å². The highest BCUT2D eigenvalue weighted by Gasteiger charge is 2.39. The maximum absolute atomic E-state index is 12.2. The Kier molecular flexibility index (Phi) is 3.23. The molecule has 0 spiro atoms. The highest BCUT2D eigenvalue weighted by Crippen LogP contribution is 2.17. The van der Waals surface area contributed by atoms with Gasteiger partial charge in [-0.05, 0) is 6.92 Å².